The fourth-order valence-corrected chi connectivity index (χ4v) is 4.30. The fraction of sp³-hybridized carbons (Fsp3) is 0.269. The number of carbonyl (C=O) groups excluding carboxylic acids is 1. The Bertz CT molecular complexity index is 1300. The van der Waals surface area contributed by atoms with E-state index in [-0.39, 0.29) is 36.1 Å². The molecule has 0 aliphatic carbocycles. The number of amides is 2. The van der Waals surface area contributed by atoms with Crippen LogP contribution in [0.25, 0.3) is 0 Å². The van der Waals surface area contributed by atoms with E-state index in [9.17, 15) is 17.6 Å². The molecule has 0 bridgehead atoms. The summed E-state index contributed by atoms with van der Waals surface area (Å²) in [5, 5.41) is 2.85. The number of hydrogen-bond donors (Lipinski definition) is 1. The van der Waals surface area contributed by atoms with Gasteiger partial charge in [0, 0.05) is 20.2 Å². The minimum absolute atomic E-state index is 0.0712. The monoisotopic (exact) mass is 532 g/mol. The highest BCUT2D eigenvalue weighted by molar-refractivity contribution is 7.87. The molecule has 198 valence electrons. The molecule has 37 heavy (non-hydrogen) atoms. The molecule has 2 amide bonds. The van der Waals surface area contributed by atoms with Crippen LogP contribution < -0.4 is 19.0 Å². The number of ether oxygens (including phenoxy) is 3. The van der Waals surface area contributed by atoms with Gasteiger partial charge in [-0.25, -0.2) is 9.18 Å². The molecule has 0 atom stereocenters. The molecule has 0 aliphatic rings. The van der Waals surface area contributed by atoms with E-state index < -0.39 is 22.0 Å². The number of nitrogens with zero attached hydrogens (tertiary/aromatic N) is 1. The zero-order valence-electron chi connectivity index (χ0n) is 20.8. The molecule has 0 fully saturated rings. The Hall–Kier alpha value is -3.83. The number of nitrogens with one attached hydrogen (secondary N) is 1. The molecule has 0 aliphatic heterocycles. The summed E-state index contributed by atoms with van der Waals surface area (Å²) in [7, 11) is -1.36. The highest BCUT2D eigenvalue weighted by Crippen LogP contribution is 2.32. The van der Waals surface area contributed by atoms with Crippen LogP contribution in [0.3, 0.4) is 0 Å². The van der Waals surface area contributed by atoms with Crippen LogP contribution in [0.2, 0.25) is 0 Å². The average molecular weight is 533 g/mol. The summed E-state index contributed by atoms with van der Waals surface area (Å²) in [6.07, 6.45) is 0. The number of urea groups is 1. The Balaban J connectivity index is 1.84. The first-order valence-corrected chi connectivity index (χ1v) is 12.8. The summed E-state index contributed by atoms with van der Waals surface area (Å²) in [5.74, 6) is 0.0686. The molecule has 1 N–H and O–H groups in total. The Morgan fingerprint density at radius 1 is 0.973 bits per heavy atom. The summed E-state index contributed by atoms with van der Waals surface area (Å²) in [6.45, 7) is 2.94. The van der Waals surface area contributed by atoms with Crippen LogP contribution >= 0.6 is 0 Å². The van der Waals surface area contributed by atoms with E-state index in [0.29, 0.717) is 23.6 Å². The smallest absolute Gasteiger partial charge is 0.339 e. The van der Waals surface area contributed by atoms with Crippen LogP contribution in [0.5, 0.6) is 17.2 Å². The molecule has 0 spiro atoms. The number of methoxy groups -OCH3 is 2. The van der Waals surface area contributed by atoms with Gasteiger partial charge in [-0.3, -0.25) is 0 Å². The molecule has 0 aromatic heterocycles. The van der Waals surface area contributed by atoms with E-state index in [2.05, 4.69) is 5.32 Å². The third kappa shape index (κ3) is 7.58. The van der Waals surface area contributed by atoms with Crippen molar-refractivity contribution in [2.45, 2.75) is 18.4 Å². The third-order valence-electron chi connectivity index (χ3n) is 5.18. The van der Waals surface area contributed by atoms with Crippen LogP contribution in [-0.4, -0.2) is 53.3 Å². The van der Waals surface area contributed by atoms with Crippen LogP contribution in [0.1, 0.15) is 12.5 Å². The number of benzene rings is 3. The van der Waals surface area contributed by atoms with Gasteiger partial charge in [-0.2, -0.15) is 8.42 Å². The summed E-state index contributed by atoms with van der Waals surface area (Å²) in [5.41, 5.74) is 1.09. The van der Waals surface area contributed by atoms with Gasteiger partial charge in [0.2, 0.25) is 0 Å². The van der Waals surface area contributed by atoms with Gasteiger partial charge < -0.3 is 28.6 Å². The van der Waals surface area contributed by atoms with Gasteiger partial charge in [0.1, 0.15) is 16.5 Å². The highest BCUT2D eigenvalue weighted by Gasteiger charge is 2.21. The molecule has 9 nitrogen and oxygen atoms in total. The van der Waals surface area contributed by atoms with E-state index in [4.69, 9.17) is 18.4 Å². The third-order valence-corrected chi connectivity index (χ3v) is 6.43. The minimum atomic E-state index is -4.26. The largest absolute Gasteiger partial charge is 0.493 e. The van der Waals surface area contributed by atoms with Crippen molar-refractivity contribution in [3.63, 3.8) is 0 Å². The van der Waals surface area contributed by atoms with Crippen LogP contribution in [-0.2, 0) is 21.4 Å². The number of hydrogen-bond acceptors (Lipinski definition) is 7. The van der Waals surface area contributed by atoms with Crippen molar-refractivity contribution < 1.29 is 36.0 Å². The highest BCUT2D eigenvalue weighted by atomic mass is 32.2. The van der Waals surface area contributed by atoms with Gasteiger partial charge in [-0.1, -0.05) is 18.2 Å². The second-order valence-electron chi connectivity index (χ2n) is 7.75. The zero-order chi connectivity index (χ0) is 26.8. The Morgan fingerprint density at radius 2 is 1.70 bits per heavy atom. The first kappa shape index (κ1) is 27.8. The lowest BCUT2D eigenvalue weighted by Gasteiger charge is -2.24. The summed E-state index contributed by atoms with van der Waals surface area (Å²) in [6, 6.07) is 15.7. The first-order valence-electron chi connectivity index (χ1n) is 11.4. The van der Waals surface area contributed by atoms with Crippen molar-refractivity contribution in [2.75, 3.05) is 39.3 Å². The van der Waals surface area contributed by atoms with Crippen LogP contribution in [0.15, 0.2) is 71.6 Å². The number of rotatable bonds is 12. The summed E-state index contributed by atoms with van der Waals surface area (Å²) < 4.78 is 60.1. The van der Waals surface area contributed by atoms with Gasteiger partial charge in [0.05, 0.1) is 26.0 Å². The van der Waals surface area contributed by atoms with Gasteiger partial charge in [0.25, 0.3) is 0 Å². The van der Waals surface area contributed by atoms with Crippen molar-refractivity contribution in [1.29, 1.82) is 0 Å². The fourth-order valence-electron chi connectivity index (χ4n) is 3.37. The maximum Gasteiger partial charge on any atom is 0.339 e. The van der Waals surface area contributed by atoms with Gasteiger partial charge in [0.15, 0.2) is 11.5 Å². The summed E-state index contributed by atoms with van der Waals surface area (Å²) >= 11 is 0. The quantitative estimate of drug-likeness (QED) is 0.338. The van der Waals surface area contributed by atoms with Gasteiger partial charge >= 0.3 is 16.1 Å². The van der Waals surface area contributed by atoms with E-state index >= 15 is 0 Å². The number of anilines is 1. The Labute approximate surface area is 215 Å². The molecular weight excluding hydrogens is 503 g/mol. The Morgan fingerprint density at radius 3 is 2.38 bits per heavy atom. The first-order chi connectivity index (χ1) is 17.8. The van der Waals surface area contributed by atoms with Crippen molar-refractivity contribution in [3.05, 3.63) is 78.1 Å². The maximum absolute atomic E-state index is 13.2. The van der Waals surface area contributed by atoms with E-state index in [1.165, 1.54) is 25.2 Å². The molecule has 11 heteroatoms. The van der Waals surface area contributed by atoms with E-state index in [1.54, 1.807) is 30.3 Å². The second kappa shape index (κ2) is 12.9. The lowest BCUT2D eigenvalue weighted by atomic mass is 10.2. The van der Waals surface area contributed by atoms with Gasteiger partial charge in [-0.15, -0.1) is 0 Å². The van der Waals surface area contributed by atoms with Crippen molar-refractivity contribution in [2.24, 2.45) is 0 Å². The van der Waals surface area contributed by atoms with Gasteiger partial charge in [-0.05, 0) is 61.0 Å². The van der Waals surface area contributed by atoms with Crippen molar-refractivity contribution in [1.82, 2.24) is 4.90 Å². The second-order valence-corrected chi connectivity index (χ2v) is 9.30. The lowest BCUT2D eigenvalue weighted by molar-refractivity contribution is 0.152. The lowest BCUT2D eigenvalue weighted by Crippen LogP contribution is -2.37. The van der Waals surface area contributed by atoms with Crippen LogP contribution in [0.4, 0.5) is 14.9 Å². The topological polar surface area (TPSA) is 103 Å². The minimum Gasteiger partial charge on any atom is -0.493 e. The van der Waals surface area contributed by atoms with Crippen molar-refractivity contribution >= 4 is 21.8 Å². The molecule has 0 saturated carbocycles. The number of para-hydroxylation sites is 2. The standard InChI is InChI=1S/C26H29FN2O7S/c1-4-35-23-8-6-5-7-22(23)28-26(30)29(15-16-33-2)18-19-9-14-24(34-3)25(17-19)36-37(31,32)21-12-10-20(27)11-13-21/h5-14,17H,4,15-16,18H2,1-3H3,(H,28,30). The SMILES string of the molecule is CCOc1ccccc1NC(=O)N(CCOC)Cc1ccc(OC)c(OS(=O)(=O)c2ccc(F)cc2)c1. The van der Waals surface area contributed by atoms with E-state index in [0.717, 1.165) is 24.3 Å². The molecule has 0 unspecified atom stereocenters. The maximum atomic E-state index is 13.2. The van der Waals surface area contributed by atoms with E-state index in [1.807, 2.05) is 13.0 Å². The molecule has 3 rings (SSSR count). The predicted octanol–water partition coefficient (Wildman–Crippen LogP) is 4.68. The molecule has 0 radical (unpaired) electrons. The molecule has 0 saturated heterocycles. The Kier molecular flexibility index (Phi) is 9.70. The summed E-state index contributed by atoms with van der Waals surface area (Å²) in [4.78, 5) is 14.4. The molecule has 0 heterocycles. The molecular formula is C26H29FN2O7S. The normalized spacial score (nSPS) is 11.0. The number of halogens is 1. The van der Waals surface area contributed by atoms with Crippen LogP contribution in [0, 0.1) is 5.82 Å². The molecule has 3 aromatic carbocycles. The average Bonchev–Trinajstić information content (AvgIpc) is 2.88. The molecule has 3 aromatic rings. The zero-order valence-corrected chi connectivity index (χ0v) is 21.6. The van der Waals surface area contributed by atoms with Crippen molar-refractivity contribution in [3.8, 4) is 17.2 Å². The number of carbonyl (C=O) groups is 1. The predicted molar refractivity (Wildman–Crippen MR) is 136 cm³/mol.